The average molecular weight is 608 g/mol. The highest BCUT2D eigenvalue weighted by molar-refractivity contribution is 6.34. The van der Waals surface area contributed by atoms with Gasteiger partial charge in [0, 0.05) is 29.6 Å². The molecule has 3 aromatic carbocycles. The molecule has 0 aliphatic carbocycles. The van der Waals surface area contributed by atoms with Crippen molar-refractivity contribution < 1.29 is 38.0 Å². The van der Waals surface area contributed by atoms with E-state index in [1.54, 1.807) is 49.4 Å². The molecular formula is C30H32Cl2FNO7. The number of hydrogen-bond acceptors (Lipinski definition) is 6. The van der Waals surface area contributed by atoms with Crippen molar-refractivity contribution in [3.63, 3.8) is 0 Å². The van der Waals surface area contributed by atoms with Crippen LogP contribution in [0.1, 0.15) is 25.3 Å². The Hall–Kier alpha value is -3.53. The molecule has 0 fully saturated rings. The molecule has 3 aromatic rings. The molecule has 0 aliphatic rings. The zero-order valence-electron chi connectivity index (χ0n) is 22.6. The van der Waals surface area contributed by atoms with Crippen molar-refractivity contribution in [1.82, 2.24) is 4.90 Å². The lowest BCUT2D eigenvalue weighted by atomic mass is 10.1. The molecule has 0 bridgehead atoms. The molecule has 0 aliphatic heterocycles. The Morgan fingerprint density at radius 3 is 2.12 bits per heavy atom. The number of carbonyl (C=O) groups is 2. The van der Waals surface area contributed by atoms with Crippen LogP contribution in [0.15, 0.2) is 66.7 Å². The average Bonchev–Trinajstić information content (AvgIpc) is 2.93. The van der Waals surface area contributed by atoms with E-state index in [9.17, 15) is 19.1 Å². The maximum absolute atomic E-state index is 13.2. The first-order chi connectivity index (χ1) is 19.7. The van der Waals surface area contributed by atoms with E-state index in [1.807, 2.05) is 0 Å². The van der Waals surface area contributed by atoms with Gasteiger partial charge in [-0.2, -0.15) is 0 Å². The molecule has 0 saturated heterocycles. The van der Waals surface area contributed by atoms with Crippen LogP contribution in [0.5, 0.6) is 17.2 Å². The molecule has 11 heteroatoms. The first kappa shape index (κ1) is 32.0. The summed E-state index contributed by atoms with van der Waals surface area (Å²) in [5, 5.41) is 10.2. The van der Waals surface area contributed by atoms with Crippen LogP contribution < -0.4 is 14.2 Å². The van der Waals surface area contributed by atoms with E-state index in [0.29, 0.717) is 54.1 Å². The van der Waals surface area contributed by atoms with E-state index in [2.05, 4.69) is 0 Å². The quantitative estimate of drug-likeness (QED) is 0.177. The summed E-state index contributed by atoms with van der Waals surface area (Å²) in [6, 6.07) is 17.2. The number of nitrogens with zero attached hydrogens (tertiary/aromatic N) is 1. The number of carboxylic acids is 1. The van der Waals surface area contributed by atoms with Crippen LogP contribution in [-0.2, 0) is 16.0 Å². The number of carbonyl (C=O) groups excluding carboxylic acids is 1. The van der Waals surface area contributed by atoms with Crippen LogP contribution in [0.2, 0.25) is 10.0 Å². The number of amides is 1. The molecule has 3 rings (SSSR count). The summed E-state index contributed by atoms with van der Waals surface area (Å²) in [5.41, 5.74) is 0.796. The second kappa shape index (κ2) is 16.7. The first-order valence-electron chi connectivity index (χ1n) is 13.1. The molecule has 0 heterocycles. The van der Waals surface area contributed by atoms with Crippen LogP contribution >= 0.6 is 23.2 Å². The monoisotopic (exact) mass is 607 g/mol. The molecular weight excluding hydrogens is 576 g/mol. The number of aliphatic carboxylic acids is 1. The van der Waals surface area contributed by atoms with Crippen molar-refractivity contribution in [2.75, 3.05) is 32.9 Å². The fourth-order valence-electron chi connectivity index (χ4n) is 3.80. The summed E-state index contributed by atoms with van der Waals surface area (Å²) >= 11 is 12.0. The minimum Gasteiger partial charge on any atom is -0.493 e. The minimum atomic E-state index is -1.01. The smallest absolute Gasteiger partial charge is 0.415 e. The Bertz CT molecular complexity index is 1240. The summed E-state index contributed by atoms with van der Waals surface area (Å²) in [6.45, 7) is 3.24. The molecule has 8 nitrogen and oxygen atoms in total. The Labute approximate surface area is 248 Å². The highest BCUT2D eigenvalue weighted by atomic mass is 35.5. The van der Waals surface area contributed by atoms with Gasteiger partial charge in [-0.3, -0.25) is 0 Å². The molecule has 41 heavy (non-hydrogen) atoms. The van der Waals surface area contributed by atoms with E-state index in [4.69, 9.17) is 42.1 Å². The molecule has 0 radical (unpaired) electrons. The third-order valence-corrected chi connectivity index (χ3v) is 6.26. The van der Waals surface area contributed by atoms with Gasteiger partial charge in [0.25, 0.3) is 0 Å². The zero-order chi connectivity index (χ0) is 29.6. The van der Waals surface area contributed by atoms with Crippen molar-refractivity contribution >= 4 is 35.3 Å². The third kappa shape index (κ3) is 11.5. The number of hydrogen-bond donors (Lipinski definition) is 1. The molecule has 0 spiro atoms. The molecule has 0 saturated carbocycles. The van der Waals surface area contributed by atoms with E-state index in [1.165, 1.54) is 29.2 Å². The van der Waals surface area contributed by atoms with Crippen LogP contribution in [0.3, 0.4) is 0 Å². The van der Waals surface area contributed by atoms with Gasteiger partial charge in [0.15, 0.2) is 6.10 Å². The highest BCUT2D eigenvalue weighted by Gasteiger charge is 2.18. The topological polar surface area (TPSA) is 94.5 Å². The lowest BCUT2D eigenvalue weighted by molar-refractivity contribution is -0.149. The van der Waals surface area contributed by atoms with Gasteiger partial charge in [-0.05, 0) is 79.9 Å². The summed E-state index contributed by atoms with van der Waals surface area (Å²) in [7, 11) is 0. The fourth-order valence-corrected chi connectivity index (χ4v) is 4.30. The summed E-state index contributed by atoms with van der Waals surface area (Å²) < 4.78 is 35.5. The number of halogens is 3. The standard InChI is InChI=1S/C30H32Cl2FNO7/c1-2-38-28(29(35)36)17-21-5-9-25(10-6-21)40-16-14-34(30(37)41-26-11-7-24(33)8-12-26)13-3-4-15-39-27-19-22(31)18-23(32)20-27/h5-12,18-20,28H,2-4,13-17H2,1H3,(H,35,36). The van der Waals surface area contributed by atoms with Gasteiger partial charge in [0.2, 0.25) is 0 Å². The van der Waals surface area contributed by atoms with Gasteiger partial charge in [-0.1, -0.05) is 35.3 Å². The van der Waals surface area contributed by atoms with Gasteiger partial charge >= 0.3 is 12.1 Å². The molecule has 1 atom stereocenters. The molecule has 1 unspecified atom stereocenters. The van der Waals surface area contributed by atoms with Gasteiger partial charge < -0.3 is 29.0 Å². The van der Waals surface area contributed by atoms with Crippen LogP contribution in [0.4, 0.5) is 9.18 Å². The van der Waals surface area contributed by atoms with Crippen LogP contribution in [0.25, 0.3) is 0 Å². The second-order valence-corrected chi connectivity index (χ2v) is 9.82. The number of rotatable bonds is 16. The SMILES string of the molecule is CCOC(Cc1ccc(OCCN(CCCCOc2cc(Cl)cc(Cl)c2)C(=O)Oc2ccc(F)cc2)cc1)C(=O)O. The third-order valence-electron chi connectivity index (χ3n) is 5.82. The molecule has 1 N–H and O–H groups in total. The fraction of sp³-hybridized carbons (Fsp3) is 0.333. The molecule has 1 amide bonds. The number of benzene rings is 3. The summed E-state index contributed by atoms with van der Waals surface area (Å²) in [5.74, 6) is -0.0900. The van der Waals surface area contributed by atoms with Gasteiger partial charge in [-0.15, -0.1) is 0 Å². The van der Waals surface area contributed by atoms with Crippen LogP contribution in [0, 0.1) is 5.82 Å². The van der Waals surface area contributed by atoms with E-state index < -0.39 is 24.0 Å². The van der Waals surface area contributed by atoms with Gasteiger partial charge in [-0.25, -0.2) is 14.0 Å². The largest absolute Gasteiger partial charge is 0.493 e. The van der Waals surface area contributed by atoms with Crippen molar-refractivity contribution in [2.24, 2.45) is 0 Å². The Balaban J connectivity index is 1.52. The Kier molecular flexibility index (Phi) is 13.0. The van der Waals surface area contributed by atoms with E-state index in [-0.39, 0.29) is 25.3 Å². The normalized spacial score (nSPS) is 11.5. The summed E-state index contributed by atoms with van der Waals surface area (Å²) in [4.78, 5) is 25.7. The first-order valence-corrected chi connectivity index (χ1v) is 13.9. The predicted octanol–water partition coefficient (Wildman–Crippen LogP) is 6.90. The Morgan fingerprint density at radius 1 is 0.854 bits per heavy atom. The minimum absolute atomic E-state index is 0.187. The predicted molar refractivity (Wildman–Crippen MR) is 154 cm³/mol. The van der Waals surface area contributed by atoms with Crippen molar-refractivity contribution in [3.8, 4) is 17.2 Å². The molecule has 220 valence electrons. The van der Waals surface area contributed by atoms with Crippen molar-refractivity contribution in [1.29, 1.82) is 0 Å². The van der Waals surface area contributed by atoms with Crippen LogP contribution in [-0.4, -0.2) is 61.1 Å². The van der Waals surface area contributed by atoms with E-state index in [0.717, 1.165) is 5.56 Å². The van der Waals surface area contributed by atoms with E-state index >= 15 is 0 Å². The lowest BCUT2D eigenvalue weighted by Gasteiger charge is -2.22. The highest BCUT2D eigenvalue weighted by Crippen LogP contribution is 2.24. The van der Waals surface area contributed by atoms with Crippen molar-refractivity contribution in [3.05, 3.63) is 88.2 Å². The maximum atomic E-state index is 13.2. The maximum Gasteiger partial charge on any atom is 0.415 e. The zero-order valence-corrected chi connectivity index (χ0v) is 24.1. The van der Waals surface area contributed by atoms with Crippen molar-refractivity contribution in [2.45, 2.75) is 32.3 Å². The number of ether oxygens (including phenoxy) is 4. The summed E-state index contributed by atoms with van der Waals surface area (Å²) in [6.07, 6.45) is -0.00626. The number of unbranched alkanes of at least 4 members (excludes halogenated alkanes) is 1. The van der Waals surface area contributed by atoms with Gasteiger partial charge in [0.1, 0.15) is 29.7 Å². The van der Waals surface area contributed by atoms with Gasteiger partial charge in [0.05, 0.1) is 13.2 Å². The Morgan fingerprint density at radius 2 is 1.49 bits per heavy atom. The second-order valence-electron chi connectivity index (χ2n) is 8.95. The number of carboxylic acid groups (broad SMARTS) is 1. The molecule has 0 aromatic heterocycles. The lowest BCUT2D eigenvalue weighted by Crippen LogP contribution is -2.37.